The number of carboxylic acid groups (broad SMARTS) is 1. The van der Waals surface area contributed by atoms with Gasteiger partial charge < -0.3 is 20.5 Å². The molecule has 1 saturated heterocycles. The van der Waals surface area contributed by atoms with E-state index in [1.54, 1.807) is 6.07 Å². The Labute approximate surface area is 130 Å². The molecule has 10 heteroatoms. The van der Waals surface area contributed by atoms with E-state index in [4.69, 9.17) is 20.8 Å². The number of rotatable bonds is 3. The van der Waals surface area contributed by atoms with Crippen LogP contribution in [0.25, 0.3) is 5.95 Å². The van der Waals surface area contributed by atoms with Crippen molar-refractivity contribution in [2.75, 3.05) is 36.9 Å². The number of hydrogen-bond donors (Lipinski definition) is 2. The fraction of sp³-hybridized carbons (Fsp3) is 0.308. The maximum atomic E-state index is 11.1. The summed E-state index contributed by atoms with van der Waals surface area (Å²) >= 11 is 0. The lowest BCUT2D eigenvalue weighted by Gasteiger charge is -2.27. The van der Waals surface area contributed by atoms with E-state index < -0.39 is 5.97 Å². The molecule has 10 nitrogen and oxygen atoms in total. The van der Waals surface area contributed by atoms with E-state index in [9.17, 15) is 4.79 Å². The van der Waals surface area contributed by atoms with Crippen LogP contribution < -0.4 is 10.6 Å². The molecule has 0 atom stereocenters. The van der Waals surface area contributed by atoms with Gasteiger partial charge >= 0.3 is 5.97 Å². The highest BCUT2D eigenvalue weighted by Crippen LogP contribution is 2.19. The van der Waals surface area contributed by atoms with Crippen LogP contribution in [0.15, 0.2) is 12.3 Å². The first-order chi connectivity index (χ1) is 11.1. The molecule has 1 aliphatic rings. The van der Waals surface area contributed by atoms with E-state index in [0.717, 1.165) is 10.9 Å². The van der Waals surface area contributed by atoms with Crippen molar-refractivity contribution in [3.8, 4) is 12.0 Å². The van der Waals surface area contributed by atoms with Crippen LogP contribution in [0, 0.1) is 11.3 Å². The lowest BCUT2D eigenvalue weighted by molar-refractivity contribution is 0.0698. The number of nitrogens with zero attached hydrogens (tertiary/aromatic N) is 6. The molecule has 2 aromatic rings. The number of nitrogen functional groups attached to an aromatic ring is 1. The highest BCUT2D eigenvalue weighted by Gasteiger charge is 2.20. The second-order valence-corrected chi connectivity index (χ2v) is 4.78. The SMILES string of the molecule is N#Cc1cc(N2CCOCC2)nc(-n2ncc(C(=O)O)c2N)n1. The Bertz CT molecular complexity index is 789. The zero-order chi connectivity index (χ0) is 16.4. The second-order valence-electron chi connectivity index (χ2n) is 4.78. The molecular weight excluding hydrogens is 302 g/mol. The average molecular weight is 315 g/mol. The smallest absolute Gasteiger partial charge is 0.341 e. The first-order valence-corrected chi connectivity index (χ1v) is 6.79. The van der Waals surface area contributed by atoms with Gasteiger partial charge in [-0.25, -0.2) is 4.79 Å². The first-order valence-electron chi connectivity index (χ1n) is 6.79. The number of morpholine rings is 1. The van der Waals surface area contributed by atoms with Crippen LogP contribution in [0.4, 0.5) is 11.6 Å². The van der Waals surface area contributed by atoms with Gasteiger partial charge in [0, 0.05) is 19.2 Å². The number of carbonyl (C=O) groups is 1. The molecule has 3 heterocycles. The molecule has 0 unspecified atom stereocenters. The maximum absolute atomic E-state index is 11.1. The van der Waals surface area contributed by atoms with Crippen LogP contribution >= 0.6 is 0 Å². The Morgan fingerprint density at radius 1 is 1.39 bits per heavy atom. The topological polar surface area (TPSA) is 143 Å². The number of nitrogens with two attached hydrogens (primary N) is 1. The summed E-state index contributed by atoms with van der Waals surface area (Å²) < 4.78 is 6.39. The number of aromatic nitrogens is 4. The molecule has 0 saturated carbocycles. The van der Waals surface area contributed by atoms with Gasteiger partial charge in [-0.15, -0.1) is 0 Å². The molecule has 118 valence electrons. The van der Waals surface area contributed by atoms with Crippen molar-refractivity contribution in [2.24, 2.45) is 0 Å². The van der Waals surface area contributed by atoms with Gasteiger partial charge in [-0.2, -0.15) is 25.0 Å². The average Bonchev–Trinajstić information content (AvgIpc) is 2.97. The minimum Gasteiger partial charge on any atom is -0.477 e. The van der Waals surface area contributed by atoms with Crippen LogP contribution in [0.5, 0.6) is 0 Å². The molecule has 0 amide bonds. The Hall–Kier alpha value is -3.19. The Kier molecular flexibility index (Phi) is 3.78. The van der Waals surface area contributed by atoms with Crippen LogP contribution in [0.2, 0.25) is 0 Å². The van der Waals surface area contributed by atoms with E-state index in [2.05, 4.69) is 15.1 Å². The summed E-state index contributed by atoms with van der Waals surface area (Å²) in [6, 6.07) is 3.52. The van der Waals surface area contributed by atoms with Crippen LogP contribution in [0.1, 0.15) is 16.1 Å². The second kappa shape index (κ2) is 5.90. The number of carboxylic acids is 1. The van der Waals surface area contributed by atoms with Crippen molar-refractivity contribution in [1.82, 2.24) is 19.7 Å². The van der Waals surface area contributed by atoms with Crippen molar-refractivity contribution in [1.29, 1.82) is 5.26 Å². The number of nitriles is 1. The van der Waals surface area contributed by atoms with Crippen molar-refractivity contribution < 1.29 is 14.6 Å². The van der Waals surface area contributed by atoms with E-state index in [1.807, 2.05) is 11.0 Å². The van der Waals surface area contributed by atoms with E-state index >= 15 is 0 Å². The maximum Gasteiger partial charge on any atom is 0.341 e. The van der Waals surface area contributed by atoms with Gasteiger partial charge in [-0.1, -0.05) is 0 Å². The molecule has 0 aliphatic carbocycles. The Morgan fingerprint density at radius 3 is 2.74 bits per heavy atom. The van der Waals surface area contributed by atoms with Crippen LogP contribution in [-0.2, 0) is 4.74 Å². The first kappa shape index (κ1) is 14.7. The van der Waals surface area contributed by atoms with Gasteiger partial charge in [-0.05, 0) is 0 Å². The van der Waals surface area contributed by atoms with E-state index in [0.29, 0.717) is 32.1 Å². The van der Waals surface area contributed by atoms with Gasteiger partial charge in [0.25, 0.3) is 5.95 Å². The number of hydrogen-bond acceptors (Lipinski definition) is 8. The Balaban J connectivity index is 2.05. The lowest BCUT2D eigenvalue weighted by Crippen LogP contribution is -2.37. The highest BCUT2D eigenvalue weighted by atomic mass is 16.5. The van der Waals surface area contributed by atoms with Crippen molar-refractivity contribution in [3.63, 3.8) is 0 Å². The van der Waals surface area contributed by atoms with Gasteiger partial charge in [0.15, 0.2) is 0 Å². The number of anilines is 2. The third kappa shape index (κ3) is 2.77. The molecule has 2 aromatic heterocycles. The molecule has 1 fully saturated rings. The lowest BCUT2D eigenvalue weighted by atomic mass is 10.3. The number of aromatic carboxylic acids is 1. The summed E-state index contributed by atoms with van der Waals surface area (Å²) in [5, 5.41) is 22.1. The van der Waals surface area contributed by atoms with Crippen molar-refractivity contribution in [3.05, 3.63) is 23.5 Å². The number of ether oxygens (including phenoxy) is 1. The summed E-state index contributed by atoms with van der Waals surface area (Å²) in [6.45, 7) is 2.40. The van der Waals surface area contributed by atoms with Crippen LogP contribution in [0.3, 0.4) is 0 Å². The predicted molar refractivity (Wildman–Crippen MR) is 78.3 cm³/mol. The van der Waals surface area contributed by atoms with Crippen molar-refractivity contribution in [2.45, 2.75) is 0 Å². The van der Waals surface area contributed by atoms with Crippen LogP contribution in [-0.4, -0.2) is 57.1 Å². The Morgan fingerprint density at radius 2 is 2.13 bits per heavy atom. The molecule has 0 aromatic carbocycles. The largest absolute Gasteiger partial charge is 0.477 e. The quantitative estimate of drug-likeness (QED) is 0.776. The van der Waals surface area contributed by atoms with Gasteiger partial charge in [-0.3, -0.25) is 0 Å². The molecule has 1 aliphatic heterocycles. The monoisotopic (exact) mass is 315 g/mol. The third-order valence-corrected chi connectivity index (χ3v) is 3.38. The van der Waals surface area contributed by atoms with Gasteiger partial charge in [0.05, 0.1) is 19.4 Å². The summed E-state index contributed by atoms with van der Waals surface area (Å²) in [7, 11) is 0. The summed E-state index contributed by atoms with van der Waals surface area (Å²) in [5.41, 5.74) is 5.77. The predicted octanol–water partition coefficient (Wildman–Crippen LogP) is -0.349. The minimum atomic E-state index is -1.20. The van der Waals surface area contributed by atoms with E-state index in [1.165, 1.54) is 0 Å². The molecule has 3 rings (SSSR count). The molecule has 3 N–H and O–H groups in total. The molecular formula is C13H13N7O3. The fourth-order valence-corrected chi connectivity index (χ4v) is 2.21. The minimum absolute atomic E-state index is 0.0514. The summed E-state index contributed by atoms with van der Waals surface area (Å²) in [5.74, 6) is -0.698. The highest BCUT2D eigenvalue weighted by molar-refractivity contribution is 5.92. The summed E-state index contributed by atoms with van der Waals surface area (Å²) in [4.78, 5) is 21.4. The molecule has 0 spiro atoms. The molecule has 23 heavy (non-hydrogen) atoms. The third-order valence-electron chi connectivity index (χ3n) is 3.38. The van der Waals surface area contributed by atoms with E-state index in [-0.39, 0.29) is 23.0 Å². The summed E-state index contributed by atoms with van der Waals surface area (Å²) in [6.07, 6.45) is 1.12. The zero-order valence-corrected chi connectivity index (χ0v) is 12.0. The zero-order valence-electron chi connectivity index (χ0n) is 12.0. The molecule has 0 radical (unpaired) electrons. The normalized spacial score (nSPS) is 14.5. The van der Waals surface area contributed by atoms with Gasteiger partial charge in [0.2, 0.25) is 0 Å². The van der Waals surface area contributed by atoms with Crippen molar-refractivity contribution >= 4 is 17.6 Å². The fourth-order valence-electron chi connectivity index (χ4n) is 2.21. The standard InChI is InChI=1S/C13H13N7O3/c14-6-8-5-10(19-1-3-23-4-2-19)18-13(17-8)20-11(15)9(7-16-20)12(21)22/h5,7H,1-4,15H2,(H,21,22). The van der Waals surface area contributed by atoms with Gasteiger partial charge in [0.1, 0.15) is 29.0 Å². The molecule has 0 bridgehead atoms.